The molecule has 2 bridgehead atoms. The van der Waals surface area contributed by atoms with E-state index in [1.54, 1.807) is 26.0 Å². The van der Waals surface area contributed by atoms with Gasteiger partial charge in [0, 0.05) is 6.07 Å². The summed E-state index contributed by atoms with van der Waals surface area (Å²) >= 11 is 0. The molecule has 8 heteroatoms. The van der Waals surface area contributed by atoms with Gasteiger partial charge in [-0.3, -0.25) is 0 Å². The lowest BCUT2D eigenvalue weighted by molar-refractivity contribution is -0.142. The number of fused-ring (bicyclic) bond motifs is 2. The van der Waals surface area contributed by atoms with E-state index in [9.17, 15) is 18.4 Å². The number of halogens is 2. The molecule has 0 amide bonds. The van der Waals surface area contributed by atoms with Crippen LogP contribution in [0.3, 0.4) is 0 Å². The van der Waals surface area contributed by atoms with E-state index in [1.807, 2.05) is 30.3 Å². The first-order chi connectivity index (χ1) is 16.4. The Bertz CT molecular complexity index is 1150. The third-order valence-corrected chi connectivity index (χ3v) is 5.82. The topological polar surface area (TPSA) is 73.9 Å². The van der Waals surface area contributed by atoms with Crippen LogP contribution in [0.15, 0.2) is 71.8 Å². The number of nitrogens with one attached hydrogen (secondary N) is 1. The van der Waals surface area contributed by atoms with Gasteiger partial charge in [0.05, 0.1) is 36.1 Å². The first-order valence-corrected chi connectivity index (χ1v) is 11.1. The maximum absolute atomic E-state index is 14.6. The molecule has 0 aliphatic carbocycles. The summed E-state index contributed by atoms with van der Waals surface area (Å²) in [5.41, 5.74) is -0.427. The molecule has 6 nitrogen and oxygen atoms in total. The van der Waals surface area contributed by atoms with Crippen LogP contribution in [0.2, 0.25) is 0 Å². The molecule has 0 saturated carbocycles. The summed E-state index contributed by atoms with van der Waals surface area (Å²) in [5.74, 6) is -2.89. The molecule has 2 aliphatic heterocycles. The second-order valence-corrected chi connectivity index (χ2v) is 7.93. The van der Waals surface area contributed by atoms with Crippen molar-refractivity contribution in [3.8, 4) is 0 Å². The molecule has 178 valence electrons. The maximum Gasteiger partial charge on any atom is 0.338 e. The van der Waals surface area contributed by atoms with E-state index in [-0.39, 0.29) is 30.0 Å². The Labute approximate surface area is 196 Å². The number of hydrogen-bond acceptors (Lipinski definition) is 6. The van der Waals surface area contributed by atoms with Crippen LogP contribution in [0.1, 0.15) is 19.4 Å². The summed E-state index contributed by atoms with van der Waals surface area (Å²) in [4.78, 5) is 25.9. The van der Waals surface area contributed by atoms with Crippen molar-refractivity contribution in [3.05, 3.63) is 89.0 Å². The SMILES string of the molecule is CCOC(=O)C1=C(C(=O)OCC)C2(C(Cc3ccccc3)Nc3ccc(F)cc3F)C=CC1O2. The van der Waals surface area contributed by atoms with Gasteiger partial charge in [-0.25, -0.2) is 18.4 Å². The van der Waals surface area contributed by atoms with Crippen LogP contribution in [0.25, 0.3) is 0 Å². The number of carbonyl (C=O) groups is 2. The molecule has 0 radical (unpaired) electrons. The largest absolute Gasteiger partial charge is 0.463 e. The number of anilines is 1. The summed E-state index contributed by atoms with van der Waals surface area (Å²) in [6.07, 6.45) is 2.86. The Morgan fingerprint density at radius 2 is 1.76 bits per heavy atom. The van der Waals surface area contributed by atoms with E-state index in [0.29, 0.717) is 6.42 Å². The fourth-order valence-electron chi connectivity index (χ4n) is 4.40. The van der Waals surface area contributed by atoms with Gasteiger partial charge >= 0.3 is 11.9 Å². The van der Waals surface area contributed by atoms with E-state index in [2.05, 4.69) is 5.32 Å². The van der Waals surface area contributed by atoms with Gasteiger partial charge in [0.15, 0.2) is 0 Å². The molecule has 0 spiro atoms. The van der Waals surface area contributed by atoms with Gasteiger partial charge in [-0.15, -0.1) is 0 Å². The van der Waals surface area contributed by atoms with Crippen LogP contribution in [-0.4, -0.2) is 42.9 Å². The lowest BCUT2D eigenvalue weighted by Crippen LogP contribution is -2.49. The summed E-state index contributed by atoms with van der Waals surface area (Å²) < 4.78 is 44.9. The van der Waals surface area contributed by atoms with Crippen molar-refractivity contribution < 1.29 is 32.6 Å². The highest BCUT2D eigenvalue weighted by molar-refractivity contribution is 6.05. The minimum Gasteiger partial charge on any atom is -0.463 e. The van der Waals surface area contributed by atoms with Gasteiger partial charge in [-0.05, 0) is 44.0 Å². The highest BCUT2D eigenvalue weighted by Gasteiger charge is 2.58. The number of hydrogen-bond donors (Lipinski definition) is 1. The van der Waals surface area contributed by atoms with Gasteiger partial charge < -0.3 is 19.5 Å². The Morgan fingerprint density at radius 1 is 1.06 bits per heavy atom. The molecule has 34 heavy (non-hydrogen) atoms. The summed E-state index contributed by atoms with van der Waals surface area (Å²) in [6.45, 7) is 3.53. The van der Waals surface area contributed by atoms with Crippen molar-refractivity contribution in [1.29, 1.82) is 0 Å². The quantitative estimate of drug-likeness (QED) is 0.440. The zero-order valence-electron chi connectivity index (χ0n) is 18.8. The molecule has 2 aromatic rings. The average Bonchev–Trinajstić information content (AvgIpc) is 3.39. The molecule has 3 unspecified atom stereocenters. The monoisotopic (exact) mass is 469 g/mol. The molecule has 2 aliphatic rings. The van der Waals surface area contributed by atoms with Gasteiger partial charge in [0.25, 0.3) is 0 Å². The molecular weight excluding hydrogens is 444 g/mol. The van der Waals surface area contributed by atoms with Crippen molar-refractivity contribution in [2.75, 3.05) is 18.5 Å². The van der Waals surface area contributed by atoms with Crippen molar-refractivity contribution in [3.63, 3.8) is 0 Å². The number of rotatable bonds is 9. The number of carbonyl (C=O) groups excluding carboxylic acids is 2. The second-order valence-electron chi connectivity index (χ2n) is 7.93. The van der Waals surface area contributed by atoms with Crippen molar-refractivity contribution in [2.45, 2.75) is 38.0 Å². The maximum atomic E-state index is 14.6. The Hall–Kier alpha value is -3.52. The first-order valence-electron chi connectivity index (χ1n) is 11.1. The van der Waals surface area contributed by atoms with Crippen LogP contribution in [0, 0.1) is 11.6 Å². The minimum absolute atomic E-state index is 0.0243. The van der Waals surface area contributed by atoms with Crippen molar-refractivity contribution in [2.24, 2.45) is 0 Å². The smallest absolute Gasteiger partial charge is 0.338 e. The molecule has 0 fully saturated rings. The molecule has 2 aromatic carbocycles. The molecule has 1 N–H and O–H groups in total. The zero-order valence-corrected chi connectivity index (χ0v) is 18.8. The molecular formula is C26H25F2NO5. The number of ether oxygens (including phenoxy) is 3. The number of esters is 2. The zero-order chi connectivity index (χ0) is 24.3. The van der Waals surface area contributed by atoms with Crippen molar-refractivity contribution >= 4 is 17.6 Å². The molecule has 3 atom stereocenters. The summed E-state index contributed by atoms with van der Waals surface area (Å²) in [5, 5.41) is 3.09. The van der Waals surface area contributed by atoms with E-state index in [1.165, 1.54) is 6.07 Å². The van der Waals surface area contributed by atoms with Gasteiger partial charge in [-0.1, -0.05) is 36.4 Å². The van der Waals surface area contributed by atoms with Crippen LogP contribution in [0.4, 0.5) is 14.5 Å². The van der Waals surface area contributed by atoms with Gasteiger partial charge in [0.1, 0.15) is 23.3 Å². The molecule has 4 rings (SSSR count). The van der Waals surface area contributed by atoms with Crippen LogP contribution in [-0.2, 0) is 30.2 Å². The van der Waals surface area contributed by atoms with Crippen LogP contribution >= 0.6 is 0 Å². The highest BCUT2D eigenvalue weighted by Crippen LogP contribution is 2.47. The van der Waals surface area contributed by atoms with Crippen molar-refractivity contribution in [1.82, 2.24) is 0 Å². The van der Waals surface area contributed by atoms with Crippen LogP contribution in [0.5, 0.6) is 0 Å². The van der Waals surface area contributed by atoms with Crippen LogP contribution < -0.4 is 5.32 Å². The fourth-order valence-corrected chi connectivity index (χ4v) is 4.40. The fraction of sp³-hybridized carbons (Fsp3) is 0.308. The standard InChI is InChI=1S/C26H25F2NO5/c1-3-32-24(30)22-20-12-13-26(34-20,23(22)25(31)33-4-2)21(14-16-8-6-5-7-9-16)29-19-11-10-17(27)15-18(19)28/h5-13,15,20-21,29H,3-4,14H2,1-2H3. The van der Waals surface area contributed by atoms with Gasteiger partial charge in [-0.2, -0.15) is 0 Å². The normalized spacial score (nSPS) is 21.5. The highest BCUT2D eigenvalue weighted by atomic mass is 19.1. The second kappa shape index (κ2) is 9.77. The molecule has 0 aromatic heterocycles. The van der Waals surface area contributed by atoms with E-state index >= 15 is 0 Å². The van der Waals surface area contributed by atoms with E-state index in [0.717, 1.165) is 17.7 Å². The Balaban J connectivity index is 1.83. The Morgan fingerprint density at radius 3 is 2.44 bits per heavy atom. The molecule has 0 saturated heterocycles. The lowest BCUT2D eigenvalue weighted by atomic mass is 9.79. The third-order valence-electron chi connectivity index (χ3n) is 5.82. The van der Waals surface area contributed by atoms with E-state index in [4.69, 9.17) is 14.2 Å². The Kier molecular flexibility index (Phi) is 6.79. The summed E-state index contributed by atoms with van der Waals surface area (Å²) in [7, 11) is 0. The summed E-state index contributed by atoms with van der Waals surface area (Å²) in [6, 6.07) is 11.8. The molecule has 2 heterocycles. The number of benzene rings is 2. The van der Waals surface area contributed by atoms with Gasteiger partial charge in [0.2, 0.25) is 0 Å². The first kappa shape index (κ1) is 23.6. The minimum atomic E-state index is -1.43. The average molecular weight is 469 g/mol. The predicted molar refractivity (Wildman–Crippen MR) is 121 cm³/mol. The van der Waals surface area contributed by atoms with E-state index < -0.39 is 41.3 Å². The lowest BCUT2D eigenvalue weighted by Gasteiger charge is -2.36. The predicted octanol–water partition coefficient (Wildman–Crippen LogP) is 4.12. The third kappa shape index (κ3) is 4.33.